The second-order valence-electron chi connectivity index (χ2n) is 6.16. The first-order valence-corrected chi connectivity index (χ1v) is 9.23. The number of amides is 1. The van der Waals surface area contributed by atoms with Crippen molar-refractivity contribution in [2.45, 2.75) is 31.3 Å². The van der Waals surface area contributed by atoms with Crippen LogP contribution in [-0.2, 0) is 4.79 Å². The maximum Gasteiger partial charge on any atom is 0.239 e. The first-order chi connectivity index (χ1) is 9.95. The molecule has 0 saturated carbocycles. The molecular weight excluding hydrogens is 284 g/mol. The number of nitrogens with zero attached hydrogens (tertiary/aromatic N) is 3. The second kappa shape index (κ2) is 9.66. The summed E-state index contributed by atoms with van der Waals surface area (Å²) in [5, 5.41) is 0. The third-order valence-corrected chi connectivity index (χ3v) is 5.07. The number of likely N-dealkylation sites (N-methyl/N-ethyl adjacent to an activating group) is 2. The van der Waals surface area contributed by atoms with E-state index in [0.29, 0.717) is 6.04 Å². The van der Waals surface area contributed by atoms with Crippen LogP contribution in [0.1, 0.15) is 19.3 Å². The van der Waals surface area contributed by atoms with E-state index in [1.165, 1.54) is 25.9 Å². The van der Waals surface area contributed by atoms with Crippen molar-refractivity contribution < 1.29 is 4.79 Å². The molecule has 0 aliphatic carbocycles. The van der Waals surface area contributed by atoms with Crippen molar-refractivity contribution in [1.82, 2.24) is 14.7 Å². The van der Waals surface area contributed by atoms with Gasteiger partial charge in [-0.15, -0.1) is 0 Å². The van der Waals surface area contributed by atoms with Gasteiger partial charge in [0.25, 0.3) is 0 Å². The summed E-state index contributed by atoms with van der Waals surface area (Å²) in [4.78, 5) is 18.7. The Morgan fingerprint density at radius 1 is 1.33 bits per heavy atom. The molecule has 1 heterocycles. The summed E-state index contributed by atoms with van der Waals surface area (Å²) in [6.45, 7) is 4.02. The maximum absolute atomic E-state index is 12.1. The summed E-state index contributed by atoms with van der Waals surface area (Å²) in [7, 11) is 6.21. The van der Waals surface area contributed by atoms with Crippen LogP contribution >= 0.6 is 11.8 Å². The average Bonchev–Trinajstić information content (AvgIpc) is 2.49. The Bertz CT molecular complexity index is 308. The molecule has 1 aliphatic rings. The Morgan fingerprint density at radius 2 is 1.95 bits per heavy atom. The highest BCUT2D eigenvalue weighted by atomic mass is 32.2. The molecular formula is C15H32N4OS. The highest BCUT2D eigenvalue weighted by Gasteiger charge is 2.22. The van der Waals surface area contributed by atoms with E-state index in [1.807, 2.05) is 13.3 Å². The molecule has 1 aliphatic heterocycles. The normalized spacial score (nSPS) is 19.0. The van der Waals surface area contributed by atoms with Gasteiger partial charge in [0, 0.05) is 26.2 Å². The summed E-state index contributed by atoms with van der Waals surface area (Å²) in [5.74, 6) is 1.01. The van der Waals surface area contributed by atoms with Crippen LogP contribution < -0.4 is 5.73 Å². The molecule has 0 aromatic carbocycles. The monoisotopic (exact) mass is 316 g/mol. The van der Waals surface area contributed by atoms with Crippen molar-refractivity contribution in [2.75, 3.05) is 59.3 Å². The van der Waals surface area contributed by atoms with Crippen molar-refractivity contribution in [2.24, 2.45) is 5.73 Å². The third kappa shape index (κ3) is 6.55. The van der Waals surface area contributed by atoms with Gasteiger partial charge < -0.3 is 20.4 Å². The van der Waals surface area contributed by atoms with Crippen molar-refractivity contribution >= 4 is 17.7 Å². The molecule has 21 heavy (non-hydrogen) atoms. The zero-order valence-electron chi connectivity index (χ0n) is 14.0. The fraction of sp³-hybridized carbons (Fsp3) is 0.933. The minimum Gasteiger partial charge on any atom is -0.343 e. The fourth-order valence-electron chi connectivity index (χ4n) is 2.69. The van der Waals surface area contributed by atoms with Crippen LogP contribution in [0.2, 0.25) is 0 Å². The van der Waals surface area contributed by atoms with E-state index in [4.69, 9.17) is 5.73 Å². The summed E-state index contributed by atoms with van der Waals surface area (Å²) in [6, 6.07) is 0.297. The molecule has 1 amide bonds. The molecule has 124 valence electrons. The molecule has 5 nitrogen and oxygen atoms in total. The lowest BCUT2D eigenvalue weighted by atomic mass is 10.0. The smallest absolute Gasteiger partial charge is 0.239 e. The molecule has 6 heteroatoms. The third-order valence-electron chi connectivity index (χ3n) is 4.43. The van der Waals surface area contributed by atoms with Gasteiger partial charge in [-0.2, -0.15) is 11.8 Å². The van der Waals surface area contributed by atoms with E-state index in [9.17, 15) is 4.79 Å². The quantitative estimate of drug-likeness (QED) is 0.709. The fourth-order valence-corrected chi connectivity index (χ4v) is 3.18. The standard InChI is InChI=1S/C15H32N4OS/c1-17-8-5-13(6-9-17)18(2)10-11-19(3)15(20)14(16)7-12-21-4/h13-14H,5-12,16H2,1-4H3/t14-/m1/s1. The van der Waals surface area contributed by atoms with Crippen molar-refractivity contribution in [3.63, 3.8) is 0 Å². The summed E-state index contributed by atoms with van der Waals surface area (Å²) < 4.78 is 0. The van der Waals surface area contributed by atoms with Gasteiger partial charge in [-0.3, -0.25) is 4.79 Å². The molecule has 0 bridgehead atoms. The number of carbonyl (C=O) groups excluding carboxylic acids is 1. The zero-order valence-corrected chi connectivity index (χ0v) is 14.9. The number of piperidine rings is 1. The van der Waals surface area contributed by atoms with Gasteiger partial charge in [-0.25, -0.2) is 0 Å². The molecule has 0 radical (unpaired) electrons. The van der Waals surface area contributed by atoms with Gasteiger partial charge in [0.15, 0.2) is 0 Å². The van der Waals surface area contributed by atoms with Crippen LogP contribution in [-0.4, -0.2) is 92.0 Å². The molecule has 0 aromatic rings. The summed E-state index contributed by atoms with van der Waals surface area (Å²) >= 11 is 1.73. The molecule has 1 fully saturated rings. The maximum atomic E-state index is 12.1. The Kier molecular flexibility index (Phi) is 8.63. The van der Waals surface area contributed by atoms with E-state index in [1.54, 1.807) is 16.7 Å². The summed E-state index contributed by atoms with van der Waals surface area (Å²) in [5.41, 5.74) is 5.94. The van der Waals surface area contributed by atoms with Crippen molar-refractivity contribution in [3.8, 4) is 0 Å². The lowest BCUT2D eigenvalue weighted by Gasteiger charge is -2.36. The minimum absolute atomic E-state index is 0.0702. The molecule has 1 saturated heterocycles. The molecule has 1 atom stereocenters. The molecule has 0 unspecified atom stereocenters. The highest BCUT2D eigenvalue weighted by molar-refractivity contribution is 7.98. The Labute approximate surface area is 134 Å². The van der Waals surface area contributed by atoms with Gasteiger partial charge in [-0.1, -0.05) is 0 Å². The highest BCUT2D eigenvalue weighted by Crippen LogP contribution is 2.13. The average molecular weight is 317 g/mol. The van der Waals surface area contributed by atoms with Crippen LogP contribution in [0.25, 0.3) is 0 Å². The predicted molar refractivity (Wildman–Crippen MR) is 91.8 cm³/mol. The van der Waals surface area contributed by atoms with Crippen LogP contribution in [0.5, 0.6) is 0 Å². The van der Waals surface area contributed by atoms with Gasteiger partial charge in [0.05, 0.1) is 6.04 Å². The van der Waals surface area contributed by atoms with Crippen LogP contribution in [0.3, 0.4) is 0 Å². The molecule has 0 aromatic heterocycles. The number of rotatable bonds is 8. The first kappa shape index (κ1) is 18.7. The lowest BCUT2D eigenvalue weighted by Crippen LogP contribution is -2.47. The van der Waals surface area contributed by atoms with Crippen LogP contribution in [0, 0.1) is 0 Å². The Morgan fingerprint density at radius 3 is 2.52 bits per heavy atom. The van der Waals surface area contributed by atoms with Crippen LogP contribution in [0.4, 0.5) is 0 Å². The van der Waals surface area contributed by atoms with Crippen molar-refractivity contribution in [1.29, 1.82) is 0 Å². The number of carbonyl (C=O) groups is 1. The largest absolute Gasteiger partial charge is 0.343 e. The van der Waals surface area contributed by atoms with Crippen LogP contribution in [0.15, 0.2) is 0 Å². The lowest BCUT2D eigenvalue weighted by molar-refractivity contribution is -0.131. The number of thioether (sulfide) groups is 1. The van der Waals surface area contributed by atoms with E-state index < -0.39 is 0 Å². The van der Waals surface area contributed by atoms with Gasteiger partial charge >= 0.3 is 0 Å². The summed E-state index contributed by atoms with van der Waals surface area (Å²) in [6.07, 6.45) is 5.24. The predicted octanol–water partition coefficient (Wildman–Crippen LogP) is 0.551. The van der Waals surface area contributed by atoms with E-state index in [-0.39, 0.29) is 11.9 Å². The van der Waals surface area contributed by atoms with Crippen molar-refractivity contribution in [3.05, 3.63) is 0 Å². The number of likely N-dealkylation sites (tertiary alicyclic amines) is 1. The number of nitrogens with two attached hydrogens (primary N) is 1. The van der Waals surface area contributed by atoms with Gasteiger partial charge in [0.2, 0.25) is 5.91 Å². The zero-order chi connectivity index (χ0) is 15.8. The van der Waals surface area contributed by atoms with Gasteiger partial charge in [-0.05, 0) is 58.5 Å². The Balaban J connectivity index is 2.28. The van der Waals surface area contributed by atoms with E-state index in [2.05, 4.69) is 23.9 Å². The molecule has 1 rings (SSSR count). The van der Waals surface area contributed by atoms with E-state index >= 15 is 0 Å². The number of hydrogen-bond donors (Lipinski definition) is 1. The van der Waals surface area contributed by atoms with E-state index in [0.717, 1.165) is 25.3 Å². The first-order valence-electron chi connectivity index (χ1n) is 7.84. The van der Waals surface area contributed by atoms with Gasteiger partial charge in [0.1, 0.15) is 0 Å². The Hall–Kier alpha value is -0.300. The SMILES string of the molecule is CSCC[C@@H](N)C(=O)N(C)CCN(C)C1CCN(C)CC1. The second-order valence-corrected chi connectivity index (χ2v) is 7.15. The number of hydrogen-bond acceptors (Lipinski definition) is 5. The molecule has 0 spiro atoms. The minimum atomic E-state index is -0.351. The topological polar surface area (TPSA) is 52.8 Å². The molecule has 2 N–H and O–H groups in total.